The van der Waals surface area contributed by atoms with Crippen LogP contribution in [0.3, 0.4) is 0 Å². The third-order valence-electron chi connectivity index (χ3n) is 5.66. The first-order valence-electron chi connectivity index (χ1n) is 10.6. The highest BCUT2D eigenvalue weighted by atomic mass is 19.1. The van der Waals surface area contributed by atoms with Gasteiger partial charge in [-0.15, -0.1) is 0 Å². The molecule has 1 aromatic heterocycles. The predicted molar refractivity (Wildman–Crippen MR) is 120 cm³/mol. The molecule has 0 radical (unpaired) electrons. The number of aromatic amines is 1. The Labute approximate surface area is 194 Å². The van der Waals surface area contributed by atoms with Gasteiger partial charge in [-0.05, 0) is 42.3 Å². The number of H-pyrrole nitrogens is 1. The van der Waals surface area contributed by atoms with Crippen LogP contribution in [0, 0.1) is 11.6 Å². The van der Waals surface area contributed by atoms with Gasteiger partial charge in [0.15, 0.2) is 17.3 Å². The second-order valence-electron chi connectivity index (χ2n) is 8.59. The lowest BCUT2D eigenvalue weighted by molar-refractivity contribution is -0.125. The van der Waals surface area contributed by atoms with Crippen LogP contribution in [0.15, 0.2) is 42.5 Å². The van der Waals surface area contributed by atoms with Crippen molar-refractivity contribution in [2.45, 2.75) is 38.6 Å². The van der Waals surface area contributed by atoms with Crippen molar-refractivity contribution in [1.82, 2.24) is 15.5 Å². The van der Waals surface area contributed by atoms with E-state index in [1.54, 1.807) is 45.0 Å². The van der Waals surface area contributed by atoms with Crippen LogP contribution in [-0.4, -0.2) is 34.8 Å². The van der Waals surface area contributed by atoms with Crippen molar-refractivity contribution in [3.63, 3.8) is 0 Å². The molecule has 2 aromatic carbocycles. The molecule has 4 rings (SSSR count). The maximum Gasteiger partial charge on any atom is 0.247 e. The van der Waals surface area contributed by atoms with E-state index < -0.39 is 29.0 Å². The van der Waals surface area contributed by atoms with Gasteiger partial charge in [-0.3, -0.25) is 14.7 Å². The Morgan fingerprint density at radius 3 is 2.53 bits per heavy atom. The molecule has 34 heavy (non-hydrogen) atoms. The Morgan fingerprint density at radius 1 is 1.09 bits per heavy atom. The van der Waals surface area contributed by atoms with Gasteiger partial charge in [0, 0.05) is 23.2 Å². The van der Waals surface area contributed by atoms with Gasteiger partial charge in [0.2, 0.25) is 18.6 Å². The number of nitrogens with zero attached hydrogens (tertiary/aromatic N) is 1. The molecule has 10 heteroatoms. The molecule has 0 fully saturated rings. The van der Waals surface area contributed by atoms with Crippen molar-refractivity contribution >= 4 is 17.6 Å². The number of rotatable bonds is 7. The molecular formula is C24H24F2N4O4. The standard InChI is InChI=1S/C24H24F2N4O4/c1-13(27-22(31)7-14-4-5-18-19(6-14)34-12-33-18)23(32)28-21-11-20(29-30-21)24(2,3)15-8-16(25)10-17(26)9-15/h4-6,8-11,13H,7,12H2,1-3H3,(H,27,31)(H2,28,29,30,32). The molecule has 1 atom stereocenters. The zero-order valence-electron chi connectivity index (χ0n) is 18.9. The van der Waals surface area contributed by atoms with E-state index in [0.29, 0.717) is 22.8 Å². The summed E-state index contributed by atoms with van der Waals surface area (Å²) in [4.78, 5) is 24.9. The zero-order valence-corrected chi connectivity index (χ0v) is 18.9. The molecule has 178 valence electrons. The molecule has 0 aliphatic carbocycles. The Morgan fingerprint density at radius 2 is 1.79 bits per heavy atom. The number of nitrogens with one attached hydrogen (secondary N) is 3. The highest BCUT2D eigenvalue weighted by molar-refractivity contribution is 5.96. The Kier molecular flexibility index (Phi) is 6.23. The van der Waals surface area contributed by atoms with Crippen molar-refractivity contribution < 1.29 is 27.8 Å². The van der Waals surface area contributed by atoms with Crippen molar-refractivity contribution in [3.8, 4) is 11.5 Å². The van der Waals surface area contributed by atoms with Crippen LogP contribution >= 0.6 is 0 Å². The SMILES string of the molecule is CC(NC(=O)Cc1ccc2c(c1)OCO2)C(=O)Nc1cc(C(C)(C)c2cc(F)cc(F)c2)[nH]n1. The number of fused-ring (bicyclic) bond motifs is 1. The molecule has 1 unspecified atom stereocenters. The predicted octanol–water partition coefficient (Wildman–Crippen LogP) is 3.43. The summed E-state index contributed by atoms with van der Waals surface area (Å²) in [6, 6.07) is 9.28. The van der Waals surface area contributed by atoms with E-state index in [2.05, 4.69) is 20.8 Å². The van der Waals surface area contributed by atoms with E-state index >= 15 is 0 Å². The van der Waals surface area contributed by atoms with Gasteiger partial charge in [0.05, 0.1) is 6.42 Å². The van der Waals surface area contributed by atoms with Crippen LogP contribution in [0.25, 0.3) is 0 Å². The number of aromatic nitrogens is 2. The summed E-state index contributed by atoms with van der Waals surface area (Å²) < 4.78 is 37.9. The summed E-state index contributed by atoms with van der Waals surface area (Å²) in [5, 5.41) is 12.2. The molecule has 1 aliphatic heterocycles. The van der Waals surface area contributed by atoms with E-state index in [4.69, 9.17) is 9.47 Å². The molecule has 3 N–H and O–H groups in total. The molecule has 2 heterocycles. The third kappa shape index (κ3) is 5.00. The first kappa shape index (κ1) is 23.2. The Balaban J connectivity index is 1.36. The number of amides is 2. The monoisotopic (exact) mass is 470 g/mol. The fraction of sp³-hybridized carbons (Fsp3) is 0.292. The molecule has 0 bridgehead atoms. The van der Waals surface area contributed by atoms with Gasteiger partial charge in [-0.1, -0.05) is 19.9 Å². The Bertz CT molecular complexity index is 1220. The summed E-state index contributed by atoms with van der Waals surface area (Å²) in [5.74, 6) is -0.731. The highest BCUT2D eigenvalue weighted by Crippen LogP contribution is 2.33. The summed E-state index contributed by atoms with van der Waals surface area (Å²) in [6.07, 6.45) is 0.0686. The molecule has 1 aliphatic rings. The smallest absolute Gasteiger partial charge is 0.247 e. The van der Waals surface area contributed by atoms with E-state index in [9.17, 15) is 18.4 Å². The fourth-order valence-corrected chi connectivity index (χ4v) is 3.60. The zero-order chi connectivity index (χ0) is 24.5. The molecule has 2 amide bonds. The first-order valence-corrected chi connectivity index (χ1v) is 10.6. The van der Waals surface area contributed by atoms with Crippen molar-refractivity contribution in [3.05, 3.63) is 70.9 Å². The van der Waals surface area contributed by atoms with Gasteiger partial charge in [-0.2, -0.15) is 5.10 Å². The molecular weight excluding hydrogens is 446 g/mol. The highest BCUT2D eigenvalue weighted by Gasteiger charge is 2.27. The van der Waals surface area contributed by atoms with Crippen LogP contribution in [0.1, 0.15) is 37.6 Å². The minimum atomic E-state index is -0.827. The quantitative estimate of drug-likeness (QED) is 0.491. The lowest BCUT2D eigenvalue weighted by atomic mass is 9.81. The summed E-state index contributed by atoms with van der Waals surface area (Å²) >= 11 is 0. The van der Waals surface area contributed by atoms with Crippen molar-refractivity contribution in [2.24, 2.45) is 0 Å². The van der Waals surface area contributed by atoms with Crippen LogP contribution in [0.2, 0.25) is 0 Å². The first-order chi connectivity index (χ1) is 16.1. The van der Waals surface area contributed by atoms with E-state index in [1.807, 2.05) is 0 Å². The second kappa shape index (κ2) is 9.12. The number of halogens is 2. The van der Waals surface area contributed by atoms with Crippen LogP contribution in [0.4, 0.5) is 14.6 Å². The van der Waals surface area contributed by atoms with E-state index in [-0.39, 0.29) is 24.9 Å². The lowest BCUT2D eigenvalue weighted by Gasteiger charge is -2.23. The summed E-state index contributed by atoms with van der Waals surface area (Å²) in [5.41, 5.74) is 0.883. The van der Waals surface area contributed by atoms with Crippen molar-refractivity contribution in [2.75, 3.05) is 12.1 Å². The molecule has 0 saturated carbocycles. The van der Waals surface area contributed by atoms with Crippen molar-refractivity contribution in [1.29, 1.82) is 0 Å². The number of carbonyl (C=O) groups is 2. The largest absolute Gasteiger partial charge is 0.454 e. The number of hydrogen-bond acceptors (Lipinski definition) is 5. The maximum absolute atomic E-state index is 13.7. The number of carbonyl (C=O) groups excluding carboxylic acids is 2. The average molecular weight is 470 g/mol. The van der Waals surface area contributed by atoms with Crippen LogP contribution in [0.5, 0.6) is 11.5 Å². The third-order valence-corrected chi connectivity index (χ3v) is 5.66. The van der Waals surface area contributed by atoms with Gasteiger partial charge < -0.3 is 20.1 Å². The minimum Gasteiger partial charge on any atom is -0.454 e. The number of benzene rings is 2. The average Bonchev–Trinajstić information content (AvgIpc) is 3.42. The van der Waals surface area contributed by atoms with Gasteiger partial charge >= 0.3 is 0 Å². The number of hydrogen-bond donors (Lipinski definition) is 3. The molecule has 3 aromatic rings. The molecule has 8 nitrogen and oxygen atoms in total. The lowest BCUT2D eigenvalue weighted by Crippen LogP contribution is -2.42. The van der Waals surface area contributed by atoms with Gasteiger partial charge in [-0.25, -0.2) is 8.78 Å². The van der Waals surface area contributed by atoms with Crippen LogP contribution in [-0.2, 0) is 21.4 Å². The summed E-state index contributed by atoms with van der Waals surface area (Å²) in [6.45, 7) is 5.26. The van der Waals surface area contributed by atoms with E-state index in [0.717, 1.165) is 11.6 Å². The van der Waals surface area contributed by atoms with Gasteiger partial charge in [0.25, 0.3) is 0 Å². The molecule has 0 spiro atoms. The second-order valence-corrected chi connectivity index (χ2v) is 8.59. The maximum atomic E-state index is 13.7. The molecule has 0 saturated heterocycles. The van der Waals surface area contributed by atoms with E-state index in [1.165, 1.54) is 12.1 Å². The summed E-state index contributed by atoms with van der Waals surface area (Å²) in [7, 11) is 0. The topological polar surface area (TPSA) is 105 Å². The Hall–Kier alpha value is -3.95. The van der Waals surface area contributed by atoms with Gasteiger partial charge in [0.1, 0.15) is 17.7 Å². The fourth-order valence-electron chi connectivity index (χ4n) is 3.60. The van der Waals surface area contributed by atoms with Crippen LogP contribution < -0.4 is 20.1 Å². The normalized spacial score (nSPS) is 13.4. The number of anilines is 1. The minimum absolute atomic E-state index is 0.0686. The number of ether oxygens (including phenoxy) is 2.